The minimum Gasteiger partial charge on any atom is -0.391 e. The maximum absolute atomic E-state index is 12.2. The van der Waals surface area contributed by atoms with Gasteiger partial charge >= 0.3 is 0 Å². The predicted octanol–water partition coefficient (Wildman–Crippen LogP) is 0.293. The maximum Gasteiger partial charge on any atom is 0.235 e. The Bertz CT molecular complexity index is 310. The fourth-order valence-electron chi connectivity index (χ4n) is 2.19. The second-order valence-corrected chi connectivity index (χ2v) is 4.78. The lowest BCUT2D eigenvalue weighted by Gasteiger charge is -2.25. The molecule has 0 aromatic carbocycles. The van der Waals surface area contributed by atoms with E-state index < -0.39 is 17.6 Å². The van der Waals surface area contributed by atoms with E-state index in [1.54, 1.807) is 0 Å². The Hall–Kier alpha value is -0.940. The molecule has 1 aliphatic heterocycles. The summed E-state index contributed by atoms with van der Waals surface area (Å²) in [7, 11) is 0. The molecular formula is C12H21NO4. The minimum atomic E-state index is -1.08. The Balaban J connectivity index is 2.82. The maximum atomic E-state index is 12.2. The van der Waals surface area contributed by atoms with Crippen LogP contribution in [0.1, 0.15) is 40.0 Å². The molecule has 0 saturated carbocycles. The van der Waals surface area contributed by atoms with E-state index in [1.807, 2.05) is 13.8 Å². The molecule has 1 rings (SSSR count). The van der Waals surface area contributed by atoms with Crippen molar-refractivity contribution in [2.45, 2.75) is 52.2 Å². The van der Waals surface area contributed by atoms with Crippen LogP contribution in [-0.4, -0.2) is 45.7 Å². The fraction of sp³-hybridized carbons (Fsp3) is 0.833. The van der Waals surface area contributed by atoms with Gasteiger partial charge in [-0.1, -0.05) is 13.8 Å². The lowest BCUT2D eigenvalue weighted by Crippen LogP contribution is -2.43. The first-order valence-corrected chi connectivity index (χ1v) is 6.09. The number of imide groups is 1. The minimum absolute atomic E-state index is 0.114. The number of rotatable bonds is 5. The van der Waals surface area contributed by atoms with Gasteiger partial charge < -0.3 is 10.2 Å². The monoisotopic (exact) mass is 243 g/mol. The number of aliphatic hydroxyl groups is 2. The van der Waals surface area contributed by atoms with Crippen molar-refractivity contribution >= 4 is 11.8 Å². The Labute approximate surface area is 101 Å². The van der Waals surface area contributed by atoms with Gasteiger partial charge in [0.2, 0.25) is 11.8 Å². The molecule has 2 atom stereocenters. The Morgan fingerprint density at radius 1 is 1.29 bits per heavy atom. The zero-order chi connectivity index (χ0) is 13.2. The molecule has 0 radical (unpaired) electrons. The van der Waals surface area contributed by atoms with Crippen molar-refractivity contribution in [3.63, 3.8) is 0 Å². The molecule has 1 aliphatic rings. The summed E-state index contributed by atoms with van der Waals surface area (Å²) >= 11 is 0. The van der Waals surface area contributed by atoms with Crippen LogP contribution < -0.4 is 0 Å². The van der Waals surface area contributed by atoms with E-state index in [0.29, 0.717) is 12.8 Å². The first-order valence-electron chi connectivity index (χ1n) is 6.09. The number of likely N-dealkylation sites (tertiary alicyclic amines) is 1. The second-order valence-electron chi connectivity index (χ2n) is 4.78. The van der Waals surface area contributed by atoms with Crippen LogP contribution in [0.15, 0.2) is 0 Å². The Morgan fingerprint density at radius 2 is 1.82 bits per heavy atom. The van der Waals surface area contributed by atoms with Crippen molar-refractivity contribution in [3.8, 4) is 0 Å². The van der Waals surface area contributed by atoms with Crippen molar-refractivity contribution < 1.29 is 19.8 Å². The molecule has 0 spiro atoms. The zero-order valence-electron chi connectivity index (χ0n) is 10.6. The lowest BCUT2D eigenvalue weighted by atomic mass is 9.81. The third-order valence-corrected chi connectivity index (χ3v) is 3.77. The summed E-state index contributed by atoms with van der Waals surface area (Å²) in [4.78, 5) is 25.0. The number of hydrogen-bond donors (Lipinski definition) is 2. The van der Waals surface area contributed by atoms with Gasteiger partial charge in [-0.3, -0.25) is 14.5 Å². The number of amides is 2. The summed E-state index contributed by atoms with van der Waals surface area (Å²) in [5.41, 5.74) is -0.602. The van der Waals surface area contributed by atoms with Gasteiger partial charge in [0.25, 0.3) is 0 Å². The molecule has 1 heterocycles. The lowest BCUT2D eigenvalue weighted by molar-refractivity contribution is -0.144. The summed E-state index contributed by atoms with van der Waals surface area (Å²) < 4.78 is 0. The molecule has 0 aliphatic carbocycles. The number of β-amino-alcohol motifs (C(OH)–C–C–N with tert-alkyl or cyclic N) is 1. The molecular weight excluding hydrogens is 222 g/mol. The van der Waals surface area contributed by atoms with Crippen LogP contribution in [0.3, 0.4) is 0 Å². The third-order valence-electron chi connectivity index (χ3n) is 3.77. The molecule has 0 aromatic heterocycles. The van der Waals surface area contributed by atoms with Gasteiger partial charge in [-0.25, -0.2) is 0 Å². The smallest absolute Gasteiger partial charge is 0.235 e. The van der Waals surface area contributed by atoms with Gasteiger partial charge in [0.15, 0.2) is 0 Å². The molecule has 98 valence electrons. The molecule has 0 aromatic rings. The van der Waals surface area contributed by atoms with Crippen molar-refractivity contribution in [2.75, 3.05) is 6.54 Å². The van der Waals surface area contributed by atoms with Crippen LogP contribution >= 0.6 is 0 Å². The summed E-state index contributed by atoms with van der Waals surface area (Å²) in [5.74, 6) is -0.467. The number of nitrogens with zero attached hydrogens (tertiary/aromatic N) is 1. The molecule has 1 saturated heterocycles. The fourth-order valence-corrected chi connectivity index (χ4v) is 2.19. The first-order chi connectivity index (χ1) is 7.88. The van der Waals surface area contributed by atoms with Crippen molar-refractivity contribution in [2.24, 2.45) is 5.41 Å². The highest BCUT2D eigenvalue weighted by Crippen LogP contribution is 2.39. The van der Waals surface area contributed by atoms with Crippen LogP contribution in [0.5, 0.6) is 0 Å². The molecule has 2 N–H and O–H groups in total. The van der Waals surface area contributed by atoms with Crippen molar-refractivity contribution in [1.82, 2.24) is 4.90 Å². The van der Waals surface area contributed by atoms with Gasteiger partial charge in [-0.05, 0) is 19.8 Å². The van der Waals surface area contributed by atoms with Crippen LogP contribution in [0.25, 0.3) is 0 Å². The van der Waals surface area contributed by atoms with Gasteiger partial charge in [0.05, 0.1) is 24.2 Å². The summed E-state index contributed by atoms with van der Waals surface area (Å²) in [6, 6.07) is 0. The van der Waals surface area contributed by atoms with E-state index in [2.05, 4.69) is 0 Å². The number of hydrogen-bond acceptors (Lipinski definition) is 4. The average molecular weight is 243 g/mol. The third kappa shape index (κ3) is 2.50. The van der Waals surface area contributed by atoms with Crippen LogP contribution in [0.4, 0.5) is 0 Å². The molecule has 0 bridgehead atoms. The van der Waals surface area contributed by atoms with Crippen LogP contribution in [0, 0.1) is 5.41 Å². The van der Waals surface area contributed by atoms with Gasteiger partial charge in [-0.15, -0.1) is 0 Å². The van der Waals surface area contributed by atoms with Gasteiger partial charge in [0, 0.05) is 6.42 Å². The number of carbonyl (C=O) groups excluding carboxylic acids is 2. The average Bonchev–Trinajstić information content (AvgIpc) is 2.53. The topological polar surface area (TPSA) is 77.8 Å². The normalized spacial score (nSPS) is 23.0. The number of carbonyl (C=O) groups is 2. The van der Waals surface area contributed by atoms with Gasteiger partial charge in [0.1, 0.15) is 0 Å². The summed E-state index contributed by atoms with van der Waals surface area (Å²) in [5, 5.41) is 18.7. The molecule has 2 unspecified atom stereocenters. The van der Waals surface area contributed by atoms with E-state index in [4.69, 9.17) is 0 Å². The largest absolute Gasteiger partial charge is 0.391 e. The van der Waals surface area contributed by atoms with E-state index in [-0.39, 0.29) is 24.8 Å². The summed E-state index contributed by atoms with van der Waals surface area (Å²) in [6.07, 6.45) is -0.572. The molecule has 17 heavy (non-hydrogen) atoms. The Kier molecular flexibility index (Phi) is 4.27. The van der Waals surface area contributed by atoms with E-state index in [9.17, 15) is 19.8 Å². The second kappa shape index (κ2) is 5.14. The van der Waals surface area contributed by atoms with Crippen molar-refractivity contribution in [1.29, 1.82) is 0 Å². The standard InChI is InChI=1S/C12H21NO4/c1-4-12(5-2)6-10(16)13(11(12)17)7-9(15)8(3)14/h8-9,14-15H,4-7H2,1-3H3. The predicted molar refractivity (Wildman–Crippen MR) is 62.0 cm³/mol. The van der Waals surface area contributed by atoms with Gasteiger partial charge in [-0.2, -0.15) is 0 Å². The SMILES string of the molecule is CCC1(CC)CC(=O)N(CC(O)C(C)O)C1=O. The highest BCUT2D eigenvalue weighted by Gasteiger charge is 2.49. The van der Waals surface area contributed by atoms with E-state index >= 15 is 0 Å². The van der Waals surface area contributed by atoms with E-state index in [0.717, 1.165) is 4.90 Å². The first kappa shape index (κ1) is 14.1. The quantitative estimate of drug-likeness (QED) is 0.680. The molecule has 5 heteroatoms. The molecule has 2 amide bonds. The van der Waals surface area contributed by atoms with Crippen LogP contribution in [-0.2, 0) is 9.59 Å². The van der Waals surface area contributed by atoms with Crippen molar-refractivity contribution in [3.05, 3.63) is 0 Å². The van der Waals surface area contributed by atoms with Crippen LogP contribution in [0.2, 0.25) is 0 Å². The number of aliphatic hydroxyl groups excluding tert-OH is 2. The summed E-state index contributed by atoms with van der Waals surface area (Å²) in [6.45, 7) is 5.10. The molecule has 5 nitrogen and oxygen atoms in total. The Morgan fingerprint density at radius 3 is 2.18 bits per heavy atom. The highest BCUT2D eigenvalue weighted by atomic mass is 16.3. The zero-order valence-corrected chi connectivity index (χ0v) is 10.6. The highest BCUT2D eigenvalue weighted by molar-refractivity contribution is 6.05. The van der Waals surface area contributed by atoms with E-state index in [1.165, 1.54) is 6.92 Å². The molecule has 1 fully saturated rings.